The molecule has 0 atom stereocenters. The van der Waals surface area contributed by atoms with Crippen molar-refractivity contribution >= 4 is 33.4 Å². The molecule has 0 fully saturated rings. The number of rotatable bonds is 5. The number of carbonyl (C=O) groups excluding carboxylic acids is 2. The normalized spacial score (nSPS) is 10.5. The van der Waals surface area contributed by atoms with Crippen LogP contribution in [0.25, 0.3) is 0 Å². The van der Waals surface area contributed by atoms with Crippen LogP contribution in [0, 0.1) is 0 Å². The minimum Gasteiger partial charge on any atom is -0.467 e. The fourth-order valence-electron chi connectivity index (χ4n) is 2.25. The van der Waals surface area contributed by atoms with Crippen molar-refractivity contribution < 1.29 is 14.0 Å². The summed E-state index contributed by atoms with van der Waals surface area (Å²) < 4.78 is 7.31. The molecule has 2 N–H and O–H groups in total. The van der Waals surface area contributed by atoms with Crippen molar-refractivity contribution in [3.05, 3.63) is 70.3 Å². The number of aryl methyl sites for hydroxylation is 1. The molecule has 0 aliphatic heterocycles. The van der Waals surface area contributed by atoms with Crippen LogP contribution in [0.15, 0.2) is 57.7 Å². The smallest absolute Gasteiger partial charge is 0.274 e. The second-order valence-corrected chi connectivity index (χ2v) is 6.12. The van der Waals surface area contributed by atoms with Crippen LogP contribution in [0.2, 0.25) is 0 Å². The minimum absolute atomic E-state index is 0.134. The van der Waals surface area contributed by atoms with Gasteiger partial charge in [-0.3, -0.25) is 14.3 Å². The summed E-state index contributed by atoms with van der Waals surface area (Å²) in [4.78, 5) is 24.8. The molecule has 8 heteroatoms. The summed E-state index contributed by atoms with van der Waals surface area (Å²) in [5.74, 6) is -0.108. The van der Waals surface area contributed by atoms with Gasteiger partial charge in [-0.25, -0.2) is 0 Å². The largest absolute Gasteiger partial charge is 0.467 e. The Hall–Kier alpha value is -2.87. The van der Waals surface area contributed by atoms with Crippen LogP contribution in [0.3, 0.4) is 0 Å². The van der Waals surface area contributed by atoms with E-state index in [1.165, 1.54) is 10.9 Å². The highest BCUT2D eigenvalue weighted by molar-refractivity contribution is 9.10. The van der Waals surface area contributed by atoms with Gasteiger partial charge in [-0.2, -0.15) is 5.10 Å². The van der Waals surface area contributed by atoms with Crippen LogP contribution < -0.4 is 10.6 Å². The van der Waals surface area contributed by atoms with Gasteiger partial charge < -0.3 is 15.1 Å². The molecule has 2 amide bonds. The number of hydrogen-bond donors (Lipinski definition) is 2. The van der Waals surface area contributed by atoms with Crippen LogP contribution in [0.1, 0.15) is 26.6 Å². The number of benzene rings is 1. The molecule has 0 unspecified atom stereocenters. The van der Waals surface area contributed by atoms with Crippen molar-refractivity contribution in [2.24, 2.45) is 7.05 Å². The van der Waals surface area contributed by atoms with E-state index in [0.717, 1.165) is 0 Å². The minimum atomic E-state index is -0.403. The molecule has 0 aliphatic carbocycles. The predicted molar refractivity (Wildman–Crippen MR) is 95.2 cm³/mol. The monoisotopic (exact) mass is 402 g/mol. The van der Waals surface area contributed by atoms with Crippen molar-refractivity contribution in [3.63, 3.8) is 0 Å². The van der Waals surface area contributed by atoms with E-state index in [9.17, 15) is 9.59 Å². The number of aromatic nitrogens is 2. The topological polar surface area (TPSA) is 89.2 Å². The summed E-state index contributed by atoms with van der Waals surface area (Å²) in [6.45, 7) is 0.236. The van der Waals surface area contributed by atoms with Crippen LogP contribution in [-0.2, 0) is 13.6 Å². The van der Waals surface area contributed by atoms with Crippen molar-refractivity contribution in [2.45, 2.75) is 6.54 Å². The molecule has 0 bridgehead atoms. The van der Waals surface area contributed by atoms with Crippen molar-refractivity contribution in [1.82, 2.24) is 15.1 Å². The average Bonchev–Trinajstić information content (AvgIpc) is 3.22. The molecule has 1 aromatic carbocycles. The molecule has 0 saturated heterocycles. The van der Waals surface area contributed by atoms with Crippen molar-refractivity contribution in [2.75, 3.05) is 5.32 Å². The molecule has 0 radical (unpaired) electrons. The van der Waals surface area contributed by atoms with E-state index in [1.807, 2.05) is 6.07 Å². The van der Waals surface area contributed by atoms with Crippen LogP contribution in [0.4, 0.5) is 5.69 Å². The zero-order chi connectivity index (χ0) is 17.8. The first-order valence-corrected chi connectivity index (χ1v) is 8.24. The Labute approximate surface area is 152 Å². The first-order valence-electron chi connectivity index (χ1n) is 7.44. The molecular weight excluding hydrogens is 388 g/mol. The van der Waals surface area contributed by atoms with E-state index < -0.39 is 5.91 Å². The van der Waals surface area contributed by atoms with E-state index in [-0.39, 0.29) is 18.1 Å². The van der Waals surface area contributed by atoms with Gasteiger partial charge >= 0.3 is 0 Å². The van der Waals surface area contributed by atoms with Gasteiger partial charge in [0, 0.05) is 17.7 Å². The lowest BCUT2D eigenvalue weighted by Gasteiger charge is -2.07. The summed E-state index contributed by atoms with van der Waals surface area (Å²) >= 11 is 3.34. The number of amides is 2. The maximum Gasteiger partial charge on any atom is 0.274 e. The van der Waals surface area contributed by atoms with Crippen molar-refractivity contribution in [1.29, 1.82) is 0 Å². The molecule has 0 aliphatic rings. The third-order valence-corrected chi connectivity index (χ3v) is 4.11. The Morgan fingerprint density at radius 1 is 1.20 bits per heavy atom. The Bertz CT molecular complexity index is 903. The van der Waals surface area contributed by atoms with E-state index in [2.05, 4.69) is 31.7 Å². The van der Waals surface area contributed by atoms with Gasteiger partial charge in [0.2, 0.25) is 0 Å². The van der Waals surface area contributed by atoms with E-state index in [4.69, 9.17) is 4.42 Å². The number of anilines is 1. The number of halogens is 1. The highest BCUT2D eigenvalue weighted by atomic mass is 79.9. The summed E-state index contributed by atoms with van der Waals surface area (Å²) in [5, 5.41) is 9.56. The van der Waals surface area contributed by atoms with Gasteiger partial charge in [0.25, 0.3) is 11.8 Å². The molecule has 0 saturated carbocycles. The van der Waals surface area contributed by atoms with Gasteiger partial charge in [0.1, 0.15) is 5.76 Å². The molecule has 3 rings (SSSR count). The van der Waals surface area contributed by atoms with Crippen LogP contribution in [0.5, 0.6) is 0 Å². The lowest BCUT2D eigenvalue weighted by molar-refractivity contribution is 0.0943. The Balaban J connectivity index is 1.75. The highest BCUT2D eigenvalue weighted by Crippen LogP contribution is 2.19. The lowest BCUT2D eigenvalue weighted by atomic mass is 10.2. The quantitative estimate of drug-likeness (QED) is 0.686. The van der Waals surface area contributed by atoms with Gasteiger partial charge in [-0.15, -0.1) is 0 Å². The standard InChI is InChI=1S/C17H15BrN4O3/c1-22-10-14(20-16(23)12-6-2-3-7-13(12)18)15(21-22)17(24)19-9-11-5-4-8-25-11/h2-8,10H,9H2,1H3,(H,19,24)(H,20,23). The van der Waals surface area contributed by atoms with Crippen LogP contribution >= 0.6 is 15.9 Å². The fourth-order valence-corrected chi connectivity index (χ4v) is 2.71. The third kappa shape index (κ3) is 3.97. The van der Waals surface area contributed by atoms with E-state index in [1.54, 1.807) is 43.6 Å². The molecule has 7 nitrogen and oxygen atoms in total. The van der Waals surface area contributed by atoms with Gasteiger partial charge in [0.05, 0.1) is 24.1 Å². The zero-order valence-electron chi connectivity index (χ0n) is 13.3. The number of furan rings is 1. The number of carbonyl (C=O) groups is 2. The molecular formula is C17H15BrN4O3. The fraction of sp³-hybridized carbons (Fsp3) is 0.118. The maximum atomic E-state index is 12.4. The van der Waals surface area contributed by atoms with E-state index in [0.29, 0.717) is 21.5 Å². The predicted octanol–water partition coefficient (Wildman–Crippen LogP) is 2.96. The van der Waals surface area contributed by atoms with Crippen LogP contribution in [-0.4, -0.2) is 21.6 Å². The Kier molecular flexibility index (Phi) is 4.99. The summed E-state index contributed by atoms with van der Waals surface area (Å²) in [6, 6.07) is 10.5. The maximum absolute atomic E-state index is 12.4. The lowest BCUT2D eigenvalue weighted by Crippen LogP contribution is -2.25. The van der Waals surface area contributed by atoms with Gasteiger partial charge in [-0.1, -0.05) is 12.1 Å². The molecule has 2 aromatic heterocycles. The van der Waals surface area contributed by atoms with Gasteiger partial charge in [0.15, 0.2) is 5.69 Å². The Morgan fingerprint density at radius 3 is 2.72 bits per heavy atom. The summed E-state index contributed by atoms with van der Waals surface area (Å²) in [5.41, 5.74) is 0.933. The average molecular weight is 403 g/mol. The second-order valence-electron chi connectivity index (χ2n) is 5.26. The molecule has 25 heavy (non-hydrogen) atoms. The zero-order valence-corrected chi connectivity index (χ0v) is 14.9. The first kappa shape index (κ1) is 17.0. The molecule has 2 heterocycles. The highest BCUT2D eigenvalue weighted by Gasteiger charge is 2.19. The number of nitrogens with zero attached hydrogens (tertiary/aromatic N) is 2. The summed E-state index contributed by atoms with van der Waals surface area (Å²) in [7, 11) is 1.68. The Morgan fingerprint density at radius 2 is 2.00 bits per heavy atom. The number of hydrogen-bond acceptors (Lipinski definition) is 4. The summed E-state index contributed by atoms with van der Waals surface area (Å²) in [6.07, 6.45) is 3.11. The second kappa shape index (κ2) is 7.35. The third-order valence-electron chi connectivity index (χ3n) is 3.41. The molecule has 0 spiro atoms. The van der Waals surface area contributed by atoms with Crippen molar-refractivity contribution in [3.8, 4) is 0 Å². The van der Waals surface area contributed by atoms with Gasteiger partial charge in [-0.05, 0) is 40.2 Å². The van der Waals surface area contributed by atoms with E-state index >= 15 is 0 Å². The first-order chi connectivity index (χ1) is 12.0. The number of nitrogens with one attached hydrogen (secondary N) is 2. The molecule has 128 valence electrons. The molecule has 3 aromatic rings. The SMILES string of the molecule is Cn1cc(NC(=O)c2ccccc2Br)c(C(=O)NCc2ccco2)n1.